The van der Waals surface area contributed by atoms with Gasteiger partial charge in [0.2, 0.25) is 0 Å². The van der Waals surface area contributed by atoms with E-state index >= 15 is 0 Å². The molecule has 0 radical (unpaired) electrons. The molecule has 1 unspecified atom stereocenters. The Kier molecular flexibility index (Phi) is 6.92. The van der Waals surface area contributed by atoms with E-state index in [1.165, 1.54) is 0 Å². The molecule has 0 saturated carbocycles. The van der Waals surface area contributed by atoms with E-state index < -0.39 is 18.0 Å². The quantitative estimate of drug-likeness (QED) is 0.271. The van der Waals surface area contributed by atoms with Crippen molar-refractivity contribution in [1.29, 1.82) is 0 Å². The molecule has 0 spiro atoms. The number of carbonyl (C=O) groups excluding carboxylic acids is 2. The smallest absolute Gasteiger partial charge is 0.332 e. The highest BCUT2D eigenvalue weighted by Crippen LogP contribution is 1.94. The summed E-state index contributed by atoms with van der Waals surface area (Å²) in [5.74, 6) is -1.08. The molecule has 15 heavy (non-hydrogen) atoms. The Morgan fingerprint density at radius 1 is 1.27 bits per heavy atom. The van der Waals surface area contributed by atoms with Crippen molar-refractivity contribution < 1.29 is 23.8 Å². The molecule has 0 aliphatic carbocycles. The van der Waals surface area contributed by atoms with Crippen LogP contribution in [0.5, 0.6) is 0 Å². The highest BCUT2D eigenvalue weighted by molar-refractivity contribution is 5.81. The fourth-order valence-electron chi connectivity index (χ4n) is 0.653. The summed E-state index contributed by atoms with van der Waals surface area (Å²) in [7, 11) is 0. The van der Waals surface area contributed by atoms with E-state index in [1.807, 2.05) is 0 Å². The molecule has 84 valence electrons. The van der Waals surface area contributed by atoms with Crippen LogP contribution >= 0.6 is 0 Å². The number of esters is 2. The van der Waals surface area contributed by atoms with Crippen molar-refractivity contribution in [3.05, 3.63) is 25.3 Å². The summed E-state index contributed by atoms with van der Waals surface area (Å²) in [6, 6.07) is 0. The van der Waals surface area contributed by atoms with Crippen molar-refractivity contribution >= 4 is 11.9 Å². The van der Waals surface area contributed by atoms with E-state index in [4.69, 9.17) is 9.47 Å². The van der Waals surface area contributed by atoms with Crippen molar-refractivity contribution in [2.45, 2.75) is 13.0 Å². The molecule has 1 atom stereocenters. The van der Waals surface area contributed by atoms with E-state index in [0.29, 0.717) is 0 Å². The second kappa shape index (κ2) is 7.75. The first-order valence-corrected chi connectivity index (χ1v) is 4.30. The van der Waals surface area contributed by atoms with E-state index in [0.717, 1.165) is 12.2 Å². The van der Waals surface area contributed by atoms with E-state index in [2.05, 4.69) is 17.9 Å². The molecular weight excluding hydrogens is 200 g/mol. The molecular formula is C10H14O5. The minimum atomic E-state index is -0.564. The topological polar surface area (TPSA) is 61.8 Å². The van der Waals surface area contributed by atoms with Crippen molar-refractivity contribution in [2.24, 2.45) is 0 Å². The number of hydrogen-bond donors (Lipinski definition) is 0. The zero-order valence-electron chi connectivity index (χ0n) is 8.60. The van der Waals surface area contributed by atoms with Gasteiger partial charge in [-0.1, -0.05) is 13.2 Å². The van der Waals surface area contributed by atoms with Gasteiger partial charge >= 0.3 is 11.9 Å². The van der Waals surface area contributed by atoms with Crippen LogP contribution in [0.2, 0.25) is 0 Å². The SMILES string of the molecule is C=CC(=O)OCOCC(C)OC(=O)C=C. The van der Waals surface area contributed by atoms with Crippen LogP contribution in [0.3, 0.4) is 0 Å². The summed E-state index contributed by atoms with van der Waals surface area (Å²) in [4.78, 5) is 21.3. The molecule has 0 amide bonds. The van der Waals surface area contributed by atoms with Crippen LogP contribution in [0.15, 0.2) is 25.3 Å². The van der Waals surface area contributed by atoms with Gasteiger partial charge in [0.15, 0.2) is 6.79 Å². The number of ether oxygens (including phenoxy) is 3. The summed E-state index contributed by atoms with van der Waals surface area (Å²) < 4.78 is 14.2. The molecule has 0 rings (SSSR count). The molecule has 5 nitrogen and oxygen atoms in total. The maximum absolute atomic E-state index is 10.7. The van der Waals surface area contributed by atoms with Crippen LogP contribution < -0.4 is 0 Å². The number of rotatable bonds is 7. The lowest BCUT2D eigenvalue weighted by Gasteiger charge is -2.11. The average Bonchev–Trinajstić information content (AvgIpc) is 2.23. The van der Waals surface area contributed by atoms with Gasteiger partial charge in [-0.05, 0) is 6.92 Å². The van der Waals surface area contributed by atoms with Crippen molar-refractivity contribution in [1.82, 2.24) is 0 Å². The molecule has 0 N–H and O–H groups in total. The van der Waals surface area contributed by atoms with Gasteiger partial charge in [0, 0.05) is 12.2 Å². The molecule has 0 aliphatic heterocycles. The molecule has 0 aliphatic rings. The molecule has 0 bridgehead atoms. The first-order valence-electron chi connectivity index (χ1n) is 4.30. The molecule has 0 heterocycles. The fraction of sp³-hybridized carbons (Fsp3) is 0.400. The van der Waals surface area contributed by atoms with Gasteiger partial charge in [0.05, 0.1) is 6.61 Å². The van der Waals surface area contributed by atoms with E-state index in [-0.39, 0.29) is 13.4 Å². The van der Waals surface area contributed by atoms with Gasteiger partial charge in [-0.2, -0.15) is 0 Å². The van der Waals surface area contributed by atoms with Crippen molar-refractivity contribution in [2.75, 3.05) is 13.4 Å². The van der Waals surface area contributed by atoms with Gasteiger partial charge in [-0.25, -0.2) is 9.59 Å². The highest BCUT2D eigenvalue weighted by atomic mass is 16.7. The van der Waals surface area contributed by atoms with Crippen LogP contribution in [0.1, 0.15) is 6.92 Å². The Labute approximate surface area is 88.3 Å². The Morgan fingerprint density at radius 3 is 2.40 bits per heavy atom. The molecule has 0 aromatic heterocycles. The van der Waals surface area contributed by atoms with Crippen LogP contribution in [0.4, 0.5) is 0 Å². The average molecular weight is 214 g/mol. The largest absolute Gasteiger partial charge is 0.457 e. The monoisotopic (exact) mass is 214 g/mol. The Balaban J connectivity index is 3.50. The Bertz CT molecular complexity index is 246. The van der Waals surface area contributed by atoms with Crippen LogP contribution in [0.25, 0.3) is 0 Å². The Hall–Kier alpha value is -1.62. The van der Waals surface area contributed by atoms with Gasteiger partial charge in [-0.3, -0.25) is 0 Å². The first kappa shape index (κ1) is 13.4. The maximum atomic E-state index is 10.7. The Morgan fingerprint density at radius 2 is 1.87 bits per heavy atom. The summed E-state index contributed by atoms with van der Waals surface area (Å²) in [5, 5.41) is 0. The van der Waals surface area contributed by atoms with E-state index in [1.54, 1.807) is 6.92 Å². The summed E-state index contributed by atoms with van der Waals surface area (Å²) in [6.45, 7) is 8.06. The predicted molar refractivity (Wildman–Crippen MR) is 52.9 cm³/mol. The second-order valence-corrected chi connectivity index (χ2v) is 2.61. The third-order valence-electron chi connectivity index (χ3n) is 1.29. The molecule has 0 saturated heterocycles. The van der Waals surface area contributed by atoms with E-state index in [9.17, 15) is 9.59 Å². The number of carbonyl (C=O) groups is 2. The third kappa shape index (κ3) is 7.45. The predicted octanol–water partition coefficient (Wildman–Crippen LogP) is 0.807. The van der Waals surface area contributed by atoms with Gasteiger partial charge in [0.1, 0.15) is 6.10 Å². The van der Waals surface area contributed by atoms with Crippen LogP contribution in [-0.4, -0.2) is 31.4 Å². The summed E-state index contributed by atoms with van der Waals surface area (Å²) >= 11 is 0. The lowest BCUT2D eigenvalue weighted by atomic mass is 10.4. The van der Waals surface area contributed by atoms with Gasteiger partial charge < -0.3 is 14.2 Å². The zero-order chi connectivity index (χ0) is 11.7. The van der Waals surface area contributed by atoms with Crippen LogP contribution in [-0.2, 0) is 23.8 Å². The van der Waals surface area contributed by atoms with Crippen LogP contribution in [0, 0.1) is 0 Å². The van der Waals surface area contributed by atoms with Crippen molar-refractivity contribution in [3.8, 4) is 0 Å². The van der Waals surface area contributed by atoms with Gasteiger partial charge in [0.25, 0.3) is 0 Å². The third-order valence-corrected chi connectivity index (χ3v) is 1.29. The lowest BCUT2D eigenvalue weighted by Crippen LogP contribution is -2.20. The standard InChI is InChI=1S/C10H14O5/c1-4-9(11)14-7-13-6-8(3)15-10(12)5-2/h4-5,8H,1-2,6-7H2,3H3. The van der Waals surface area contributed by atoms with Crippen molar-refractivity contribution in [3.63, 3.8) is 0 Å². The molecule has 5 heteroatoms. The normalized spacial score (nSPS) is 11.3. The molecule has 0 fully saturated rings. The maximum Gasteiger partial charge on any atom is 0.332 e. The molecule has 0 aromatic rings. The summed E-state index contributed by atoms with van der Waals surface area (Å²) in [5.41, 5.74) is 0. The number of hydrogen-bond acceptors (Lipinski definition) is 5. The molecule has 0 aromatic carbocycles. The lowest BCUT2D eigenvalue weighted by molar-refractivity contribution is -0.158. The minimum absolute atomic E-state index is 0.143. The second-order valence-electron chi connectivity index (χ2n) is 2.61. The fourth-order valence-corrected chi connectivity index (χ4v) is 0.653. The first-order chi connectivity index (χ1) is 7.10. The van der Waals surface area contributed by atoms with Gasteiger partial charge in [-0.15, -0.1) is 0 Å². The minimum Gasteiger partial charge on any atom is -0.457 e. The zero-order valence-corrected chi connectivity index (χ0v) is 8.60. The highest BCUT2D eigenvalue weighted by Gasteiger charge is 2.06. The summed E-state index contributed by atoms with van der Waals surface area (Å²) in [6.07, 6.45) is 1.68.